The van der Waals surface area contributed by atoms with Gasteiger partial charge in [-0.2, -0.15) is 4.98 Å². The largest absolute Gasteiger partial charge is 0.480 e. The Balaban J connectivity index is 1.48. The van der Waals surface area contributed by atoms with E-state index in [9.17, 15) is 4.79 Å². The monoisotopic (exact) mass is 465 g/mol. The SMILES string of the molecule is COc1nc(Nc2ccc(C3CCN(C)CC3)c(C)c2)ncc1C(=O)Nc1ccccc1Cl. The Kier molecular flexibility index (Phi) is 7.11. The maximum atomic E-state index is 12.7. The molecule has 0 bridgehead atoms. The molecule has 3 aromatic rings. The fourth-order valence-electron chi connectivity index (χ4n) is 4.15. The number of ether oxygens (including phenoxy) is 1. The smallest absolute Gasteiger partial charge is 0.262 e. The van der Waals surface area contributed by atoms with E-state index < -0.39 is 5.91 Å². The molecule has 0 spiro atoms. The minimum atomic E-state index is -0.398. The van der Waals surface area contributed by atoms with Crippen molar-refractivity contribution in [3.05, 3.63) is 70.4 Å². The maximum Gasteiger partial charge on any atom is 0.262 e. The van der Waals surface area contributed by atoms with Crippen LogP contribution in [0.5, 0.6) is 5.88 Å². The van der Waals surface area contributed by atoms with Crippen molar-refractivity contribution in [2.45, 2.75) is 25.7 Å². The summed E-state index contributed by atoms with van der Waals surface area (Å²) in [6.45, 7) is 4.41. The molecule has 7 nitrogen and oxygen atoms in total. The lowest BCUT2D eigenvalue weighted by atomic mass is 9.87. The predicted molar refractivity (Wildman–Crippen MR) is 132 cm³/mol. The van der Waals surface area contributed by atoms with E-state index >= 15 is 0 Å². The summed E-state index contributed by atoms with van der Waals surface area (Å²) in [5.74, 6) is 0.733. The molecule has 1 aliphatic rings. The highest BCUT2D eigenvalue weighted by Crippen LogP contribution is 2.32. The minimum absolute atomic E-state index is 0.178. The van der Waals surface area contributed by atoms with Gasteiger partial charge in [0, 0.05) is 11.9 Å². The molecular weight excluding hydrogens is 438 g/mol. The molecule has 0 radical (unpaired) electrons. The first-order valence-corrected chi connectivity index (χ1v) is 11.4. The zero-order valence-corrected chi connectivity index (χ0v) is 19.8. The number of nitrogens with one attached hydrogen (secondary N) is 2. The number of likely N-dealkylation sites (tertiary alicyclic amines) is 1. The first-order valence-electron chi connectivity index (χ1n) is 11.0. The number of para-hydroxylation sites is 1. The maximum absolute atomic E-state index is 12.7. The van der Waals surface area contributed by atoms with Crippen molar-refractivity contribution in [1.82, 2.24) is 14.9 Å². The second-order valence-corrected chi connectivity index (χ2v) is 8.73. The standard InChI is InChI=1S/C25H28ClN5O2/c1-16-14-18(8-9-19(16)17-10-12-31(2)13-11-17)28-25-27-15-20(24(30-25)33-3)23(32)29-22-7-5-4-6-21(22)26/h4-9,14-15,17H,10-13H2,1-3H3,(H,29,32)(H,27,28,30). The number of carbonyl (C=O) groups is 1. The normalized spacial score (nSPS) is 14.7. The summed E-state index contributed by atoms with van der Waals surface area (Å²) >= 11 is 6.14. The lowest BCUT2D eigenvalue weighted by Crippen LogP contribution is -2.29. The van der Waals surface area contributed by atoms with Gasteiger partial charge in [0.1, 0.15) is 5.56 Å². The van der Waals surface area contributed by atoms with E-state index in [1.165, 1.54) is 37.3 Å². The highest BCUT2D eigenvalue weighted by Gasteiger charge is 2.20. The van der Waals surface area contributed by atoms with Crippen molar-refractivity contribution in [2.75, 3.05) is 37.9 Å². The number of amides is 1. The van der Waals surface area contributed by atoms with Crippen molar-refractivity contribution >= 4 is 34.8 Å². The van der Waals surface area contributed by atoms with Crippen molar-refractivity contribution in [2.24, 2.45) is 0 Å². The highest BCUT2D eigenvalue weighted by atomic mass is 35.5. The molecule has 8 heteroatoms. The van der Waals surface area contributed by atoms with Gasteiger partial charge in [-0.25, -0.2) is 4.98 Å². The second kappa shape index (κ2) is 10.2. The molecule has 1 aliphatic heterocycles. The van der Waals surface area contributed by atoms with E-state index in [1.54, 1.807) is 24.3 Å². The van der Waals surface area contributed by atoms with E-state index in [-0.39, 0.29) is 11.4 Å². The number of methoxy groups -OCH3 is 1. The molecule has 0 unspecified atom stereocenters. The van der Waals surface area contributed by atoms with E-state index in [4.69, 9.17) is 16.3 Å². The quantitative estimate of drug-likeness (QED) is 0.517. The summed E-state index contributed by atoms with van der Waals surface area (Å²) in [7, 11) is 3.65. The average molecular weight is 466 g/mol. The molecule has 172 valence electrons. The Bertz CT molecular complexity index is 1150. The number of hydrogen-bond acceptors (Lipinski definition) is 6. The number of nitrogens with zero attached hydrogens (tertiary/aromatic N) is 3. The van der Waals surface area contributed by atoms with E-state index in [1.807, 2.05) is 0 Å². The van der Waals surface area contributed by atoms with Crippen molar-refractivity contribution in [1.29, 1.82) is 0 Å². The average Bonchev–Trinajstić information content (AvgIpc) is 2.81. The number of hydrogen-bond donors (Lipinski definition) is 2. The molecule has 4 rings (SSSR count). The number of piperidine rings is 1. The molecule has 0 saturated carbocycles. The number of halogens is 1. The summed E-state index contributed by atoms with van der Waals surface area (Å²) in [4.78, 5) is 23.8. The minimum Gasteiger partial charge on any atom is -0.480 e. The van der Waals surface area contributed by atoms with Gasteiger partial charge in [0.2, 0.25) is 11.8 Å². The molecule has 33 heavy (non-hydrogen) atoms. The molecule has 2 aromatic carbocycles. The molecular formula is C25H28ClN5O2. The van der Waals surface area contributed by atoms with Crippen molar-refractivity contribution in [3.8, 4) is 5.88 Å². The topological polar surface area (TPSA) is 79.4 Å². The molecule has 0 aliphatic carbocycles. The van der Waals surface area contributed by atoms with Gasteiger partial charge < -0.3 is 20.3 Å². The van der Waals surface area contributed by atoms with Crippen LogP contribution in [0.25, 0.3) is 0 Å². The number of aromatic nitrogens is 2. The molecule has 2 heterocycles. The van der Waals surface area contributed by atoms with Crippen LogP contribution in [-0.4, -0.2) is 48.0 Å². The lowest BCUT2D eigenvalue weighted by molar-refractivity contribution is 0.102. The van der Waals surface area contributed by atoms with Gasteiger partial charge in [-0.05, 0) is 81.2 Å². The first-order chi connectivity index (χ1) is 15.9. The van der Waals surface area contributed by atoms with Gasteiger partial charge in [0.05, 0.1) is 17.8 Å². The lowest BCUT2D eigenvalue weighted by Gasteiger charge is -2.30. The number of carbonyl (C=O) groups excluding carboxylic acids is 1. The zero-order chi connectivity index (χ0) is 23.4. The van der Waals surface area contributed by atoms with Gasteiger partial charge in [-0.1, -0.05) is 29.8 Å². The number of aryl methyl sites for hydroxylation is 1. The number of benzene rings is 2. The fraction of sp³-hybridized carbons (Fsp3) is 0.320. The molecule has 2 N–H and O–H groups in total. The van der Waals surface area contributed by atoms with Crippen LogP contribution in [-0.2, 0) is 0 Å². The molecule has 1 amide bonds. The van der Waals surface area contributed by atoms with E-state index in [0.29, 0.717) is 22.6 Å². The Morgan fingerprint density at radius 3 is 2.64 bits per heavy atom. The zero-order valence-electron chi connectivity index (χ0n) is 19.1. The van der Waals surface area contributed by atoms with Crippen LogP contribution in [0.3, 0.4) is 0 Å². The third kappa shape index (κ3) is 5.43. The second-order valence-electron chi connectivity index (χ2n) is 8.32. The van der Waals surface area contributed by atoms with Crippen molar-refractivity contribution in [3.63, 3.8) is 0 Å². The van der Waals surface area contributed by atoms with Gasteiger partial charge in [-0.3, -0.25) is 4.79 Å². The van der Waals surface area contributed by atoms with Gasteiger partial charge in [-0.15, -0.1) is 0 Å². The van der Waals surface area contributed by atoms with Crippen LogP contribution in [0.4, 0.5) is 17.3 Å². The molecule has 1 aromatic heterocycles. The van der Waals surface area contributed by atoms with E-state index in [0.717, 1.165) is 18.8 Å². The van der Waals surface area contributed by atoms with Crippen LogP contribution in [0.2, 0.25) is 5.02 Å². The van der Waals surface area contributed by atoms with Crippen LogP contribution in [0.15, 0.2) is 48.7 Å². The summed E-state index contributed by atoms with van der Waals surface area (Å²) in [6.07, 6.45) is 3.81. The third-order valence-electron chi connectivity index (χ3n) is 6.00. The van der Waals surface area contributed by atoms with E-state index in [2.05, 4.69) is 57.7 Å². The molecule has 1 saturated heterocycles. The summed E-state index contributed by atoms with van der Waals surface area (Å²) < 4.78 is 5.35. The van der Waals surface area contributed by atoms with Gasteiger partial charge in [0.25, 0.3) is 5.91 Å². The van der Waals surface area contributed by atoms with Gasteiger partial charge in [0.15, 0.2) is 0 Å². The highest BCUT2D eigenvalue weighted by molar-refractivity contribution is 6.33. The van der Waals surface area contributed by atoms with Crippen LogP contribution in [0, 0.1) is 6.92 Å². The summed E-state index contributed by atoms with van der Waals surface area (Å²) in [5, 5.41) is 6.43. The summed E-state index contributed by atoms with van der Waals surface area (Å²) in [5.41, 5.74) is 4.26. The predicted octanol–water partition coefficient (Wildman–Crippen LogP) is 5.25. The van der Waals surface area contributed by atoms with Gasteiger partial charge >= 0.3 is 0 Å². The Morgan fingerprint density at radius 1 is 1.18 bits per heavy atom. The van der Waals surface area contributed by atoms with Crippen LogP contribution < -0.4 is 15.4 Å². The van der Waals surface area contributed by atoms with Crippen LogP contribution in [0.1, 0.15) is 40.2 Å². The molecule has 0 atom stereocenters. The Morgan fingerprint density at radius 2 is 1.94 bits per heavy atom. The fourth-order valence-corrected chi connectivity index (χ4v) is 4.33. The first kappa shape index (κ1) is 23.0. The molecule has 1 fully saturated rings. The van der Waals surface area contributed by atoms with Crippen LogP contribution >= 0.6 is 11.6 Å². The van der Waals surface area contributed by atoms with Crippen molar-refractivity contribution < 1.29 is 9.53 Å². The number of anilines is 3. The Labute approximate surface area is 199 Å². The Hall–Kier alpha value is -3.16. The third-order valence-corrected chi connectivity index (χ3v) is 6.33. The number of rotatable bonds is 6. The summed E-state index contributed by atoms with van der Waals surface area (Å²) in [6, 6.07) is 13.4.